The molecule has 33 heavy (non-hydrogen) atoms. The van der Waals surface area contributed by atoms with Crippen LogP contribution in [0.15, 0.2) is 4.99 Å². The van der Waals surface area contributed by atoms with E-state index >= 15 is 0 Å². The maximum atomic E-state index is 13.5. The highest BCUT2D eigenvalue weighted by molar-refractivity contribution is 5.96. The fourth-order valence-electron chi connectivity index (χ4n) is 4.66. The van der Waals surface area contributed by atoms with Crippen LogP contribution in [-0.2, 0) is 9.53 Å². The molecule has 0 aromatic heterocycles. The van der Waals surface area contributed by atoms with Crippen LogP contribution in [0.4, 0.5) is 4.79 Å². The van der Waals surface area contributed by atoms with Gasteiger partial charge in [0.1, 0.15) is 11.6 Å². The van der Waals surface area contributed by atoms with Gasteiger partial charge in [-0.3, -0.25) is 10.1 Å². The molecule has 0 spiro atoms. The lowest BCUT2D eigenvalue weighted by Crippen LogP contribution is -2.56. The minimum Gasteiger partial charge on any atom is -0.450 e. The summed E-state index contributed by atoms with van der Waals surface area (Å²) in [6, 6.07) is 1.70. The number of nitriles is 1. The van der Waals surface area contributed by atoms with Crippen LogP contribution >= 0.6 is 0 Å². The van der Waals surface area contributed by atoms with Gasteiger partial charge in [0.05, 0.1) is 12.7 Å². The average molecular weight is 463 g/mol. The second-order valence-corrected chi connectivity index (χ2v) is 9.21. The lowest BCUT2D eigenvalue weighted by molar-refractivity contribution is -0.124. The monoisotopic (exact) mass is 462 g/mol. The zero-order valence-electron chi connectivity index (χ0n) is 20.9. The Morgan fingerprint density at radius 2 is 1.82 bits per heavy atom. The summed E-state index contributed by atoms with van der Waals surface area (Å²) < 4.78 is 5.06. The van der Waals surface area contributed by atoms with Crippen LogP contribution in [0.2, 0.25) is 0 Å². The summed E-state index contributed by atoms with van der Waals surface area (Å²) >= 11 is 0. The van der Waals surface area contributed by atoms with Crippen LogP contribution in [0.3, 0.4) is 0 Å². The summed E-state index contributed by atoms with van der Waals surface area (Å²) in [6.07, 6.45) is 6.95. The first-order valence-electron chi connectivity index (χ1n) is 12.5. The number of hydrogen-bond acceptors (Lipinski definition) is 6. The lowest BCUT2D eigenvalue weighted by Gasteiger charge is -2.37. The number of nitrogens with zero attached hydrogens (tertiary/aromatic N) is 4. The Kier molecular flexibility index (Phi) is 10.9. The van der Waals surface area contributed by atoms with Crippen molar-refractivity contribution in [3.63, 3.8) is 0 Å². The summed E-state index contributed by atoms with van der Waals surface area (Å²) in [5.74, 6) is 0.528. The Balaban J connectivity index is 2.30. The Morgan fingerprint density at radius 1 is 1.18 bits per heavy atom. The molecule has 1 aliphatic carbocycles. The van der Waals surface area contributed by atoms with Crippen molar-refractivity contribution < 1.29 is 14.3 Å². The Bertz CT molecular complexity index is 701. The second kappa shape index (κ2) is 13.4. The van der Waals surface area contributed by atoms with Gasteiger partial charge in [0.25, 0.3) is 0 Å². The molecule has 0 aromatic carbocycles. The molecule has 2 fully saturated rings. The van der Waals surface area contributed by atoms with Crippen molar-refractivity contribution in [1.29, 1.82) is 5.26 Å². The molecule has 1 unspecified atom stereocenters. The zero-order chi connectivity index (χ0) is 24.3. The molecular weight excluding hydrogens is 420 g/mol. The fraction of sp³-hybridized carbons (Fsp3) is 0.833. The maximum absolute atomic E-state index is 13.5. The van der Waals surface area contributed by atoms with E-state index < -0.39 is 17.7 Å². The third-order valence-corrected chi connectivity index (χ3v) is 6.83. The van der Waals surface area contributed by atoms with Crippen molar-refractivity contribution in [1.82, 2.24) is 20.4 Å². The Labute approximate surface area is 198 Å². The van der Waals surface area contributed by atoms with Crippen LogP contribution in [-0.4, -0.2) is 79.2 Å². The second-order valence-electron chi connectivity index (χ2n) is 9.21. The van der Waals surface area contributed by atoms with Gasteiger partial charge in [0.2, 0.25) is 11.9 Å². The molecule has 0 bridgehead atoms. The molecular formula is C24H42N6O3. The third-order valence-electron chi connectivity index (χ3n) is 6.83. The number of alkyl carbamates (subject to hydrolysis) is 1. The van der Waals surface area contributed by atoms with Gasteiger partial charge in [-0.05, 0) is 53.0 Å². The molecule has 1 heterocycles. The van der Waals surface area contributed by atoms with Gasteiger partial charge < -0.3 is 19.9 Å². The van der Waals surface area contributed by atoms with E-state index in [0.717, 1.165) is 25.9 Å². The number of carbonyl (C=O) groups excluding carboxylic acids is 2. The number of ether oxygens (including phenoxy) is 1. The van der Waals surface area contributed by atoms with Crippen molar-refractivity contribution in [3.05, 3.63) is 0 Å². The van der Waals surface area contributed by atoms with Crippen LogP contribution < -0.4 is 10.6 Å². The van der Waals surface area contributed by atoms with Crippen LogP contribution in [0, 0.1) is 17.2 Å². The van der Waals surface area contributed by atoms with Crippen molar-refractivity contribution in [3.8, 4) is 6.07 Å². The van der Waals surface area contributed by atoms with Crippen molar-refractivity contribution >= 4 is 18.0 Å². The lowest BCUT2D eigenvalue weighted by atomic mass is 9.84. The largest absolute Gasteiger partial charge is 0.450 e. The number of rotatable bonds is 8. The first-order valence-corrected chi connectivity index (χ1v) is 12.5. The first-order chi connectivity index (χ1) is 15.9. The molecule has 0 radical (unpaired) electrons. The van der Waals surface area contributed by atoms with E-state index in [1.165, 1.54) is 19.3 Å². The highest BCUT2D eigenvalue weighted by Gasteiger charge is 2.38. The van der Waals surface area contributed by atoms with E-state index in [1.54, 1.807) is 6.92 Å². The summed E-state index contributed by atoms with van der Waals surface area (Å²) in [5, 5.41) is 15.7. The Morgan fingerprint density at radius 3 is 2.36 bits per heavy atom. The van der Waals surface area contributed by atoms with E-state index in [9.17, 15) is 14.9 Å². The summed E-state index contributed by atoms with van der Waals surface area (Å²) in [7, 11) is 2.02. The predicted octanol–water partition coefficient (Wildman–Crippen LogP) is 2.87. The smallest absolute Gasteiger partial charge is 0.413 e. The molecule has 2 N–H and O–H groups in total. The number of likely N-dealkylation sites (tertiary alicyclic amines) is 1. The SMILES string of the molecule is CCOC(=O)NC(=NC(CC1CCCCC1)C(=O)NC1(C#N)CCN(C)CC1)N(CC)CC. The highest BCUT2D eigenvalue weighted by atomic mass is 16.5. The molecule has 1 aliphatic heterocycles. The van der Waals surface area contributed by atoms with Gasteiger partial charge in [-0.15, -0.1) is 0 Å². The molecule has 9 heteroatoms. The van der Waals surface area contributed by atoms with Gasteiger partial charge in [-0.1, -0.05) is 32.1 Å². The molecule has 2 rings (SSSR count). The zero-order valence-corrected chi connectivity index (χ0v) is 20.9. The standard InChI is InChI=1S/C24H42N6O3/c1-5-30(6-2)22(27-23(32)33-7-3)26-20(17-19-11-9-8-10-12-19)21(31)28-24(18-25)13-15-29(4)16-14-24/h19-20H,5-17H2,1-4H3,(H,28,31)(H,26,27,32). The van der Waals surface area contributed by atoms with Crippen LogP contribution in [0.1, 0.15) is 72.1 Å². The van der Waals surface area contributed by atoms with E-state index in [1.807, 2.05) is 25.8 Å². The van der Waals surface area contributed by atoms with E-state index in [4.69, 9.17) is 9.73 Å². The number of amides is 2. The fourth-order valence-corrected chi connectivity index (χ4v) is 4.66. The maximum Gasteiger partial charge on any atom is 0.413 e. The molecule has 1 saturated heterocycles. The molecule has 1 atom stereocenters. The summed E-state index contributed by atoms with van der Waals surface area (Å²) in [4.78, 5) is 34.6. The highest BCUT2D eigenvalue weighted by Crippen LogP contribution is 2.29. The van der Waals surface area contributed by atoms with E-state index in [0.29, 0.717) is 44.2 Å². The number of piperidine rings is 1. The van der Waals surface area contributed by atoms with Crippen LogP contribution in [0.25, 0.3) is 0 Å². The first kappa shape index (κ1) is 26.9. The Hall–Kier alpha value is -2.34. The molecule has 0 aromatic rings. The molecule has 186 valence electrons. The van der Waals surface area contributed by atoms with Crippen molar-refractivity contribution in [2.45, 2.75) is 83.7 Å². The number of nitrogens with one attached hydrogen (secondary N) is 2. The number of carbonyl (C=O) groups is 2. The normalized spacial score (nSPS) is 20.4. The average Bonchev–Trinajstić information content (AvgIpc) is 2.81. The minimum atomic E-state index is -0.867. The van der Waals surface area contributed by atoms with Crippen molar-refractivity contribution in [2.75, 3.05) is 39.8 Å². The number of aliphatic imine (C=N–C) groups is 1. The number of hydrogen-bond donors (Lipinski definition) is 2. The molecule has 9 nitrogen and oxygen atoms in total. The molecule has 2 amide bonds. The van der Waals surface area contributed by atoms with Gasteiger partial charge in [-0.2, -0.15) is 5.26 Å². The van der Waals surface area contributed by atoms with Gasteiger partial charge in [0.15, 0.2) is 0 Å². The molecule has 1 saturated carbocycles. The van der Waals surface area contributed by atoms with Crippen molar-refractivity contribution in [2.24, 2.45) is 10.9 Å². The van der Waals surface area contributed by atoms with E-state index in [2.05, 4.69) is 21.6 Å². The molecule has 2 aliphatic rings. The van der Waals surface area contributed by atoms with Crippen LogP contribution in [0.5, 0.6) is 0 Å². The summed E-state index contributed by atoms with van der Waals surface area (Å²) in [6.45, 7) is 8.75. The topological polar surface area (TPSA) is 110 Å². The number of guanidine groups is 1. The predicted molar refractivity (Wildman–Crippen MR) is 129 cm³/mol. The van der Waals surface area contributed by atoms with Gasteiger partial charge in [0, 0.05) is 26.2 Å². The van der Waals surface area contributed by atoms with Gasteiger partial charge >= 0.3 is 6.09 Å². The van der Waals surface area contributed by atoms with Gasteiger partial charge in [-0.25, -0.2) is 9.79 Å². The van der Waals surface area contributed by atoms with E-state index in [-0.39, 0.29) is 12.5 Å². The third kappa shape index (κ3) is 8.18. The minimum absolute atomic E-state index is 0.234. The summed E-state index contributed by atoms with van der Waals surface area (Å²) in [5.41, 5.74) is -0.867. The quantitative estimate of drug-likeness (QED) is 0.424.